The smallest absolute Gasteiger partial charge is 0.282 e. The number of aryl methyl sites for hydroxylation is 2. The molecule has 0 radical (unpaired) electrons. The normalized spacial score (nSPS) is 10.6. The van der Waals surface area contributed by atoms with Gasteiger partial charge in [-0.05, 0) is 24.6 Å². The number of benzene rings is 1. The summed E-state index contributed by atoms with van der Waals surface area (Å²) in [5.74, 6) is 0. The summed E-state index contributed by atoms with van der Waals surface area (Å²) in [4.78, 5) is -0.0741. The minimum atomic E-state index is -4.00. The highest BCUT2D eigenvalue weighted by molar-refractivity contribution is 7.85. The topological polar surface area (TPSA) is 58.2 Å². The van der Waals surface area contributed by atoms with Crippen LogP contribution in [0.15, 0.2) is 59.8 Å². The van der Waals surface area contributed by atoms with E-state index < -0.39 is 10.1 Å². The number of rotatable bonds is 4. The lowest BCUT2D eigenvalue weighted by Crippen LogP contribution is -2.32. The molecule has 0 saturated heterocycles. The maximum absolute atomic E-state index is 10.4. The minimum absolute atomic E-state index is 0.0741. The first-order valence-corrected chi connectivity index (χ1v) is 8.35. The molecule has 2 aromatic rings. The lowest BCUT2D eigenvalue weighted by molar-refractivity contribution is -0.697. The molecule has 0 spiro atoms. The first-order valence-electron chi connectivity index (χ1n) is 6.91. The molecule has 0 atom stereocenters. The van der Waals surface area contributed by atoms with Crippen molar-refractivity contribution in [3.63, 3.8) is 0 Å². The standard InChI is InChI=1S/C10H16N.C6H6O3S/c1-3-4-7-11-8-5-10(2)6-9-11;7-10(8,9)6-4-2-1-3-5-6/h5-6,8-9H,3-4,7H2,1-2H3;1-5H,(H,7,8,9)/q+1;. The lowest BCUT2D eigenvalue weighted by atomic mass is 10.3. The Morgan fingerprint density at radius 2 is 1.62 bits per heavy atom. The van der Waals surface area contributed by atoms with Crippen LogP contribution in [0.3, 0.4) is 0 Å². The van der Waals surface area contributed by atoms with Crippen molar-refractivity contribution in [2.45, 2.75) is 38.1 Å². The molecule has 0 saturated carbocycles. The molecule has 2 rings (SSSR count). The van der Waals surface area contributed by atoms with Gasteiger partial charge in [-0.15, -0.1) is 0 Å². The van der Waals surface area contributed by atoms with E-state index in [1.165, 1.54) is 30.5 Å². The number of hydrogen-bond donors (Lipinski definition) is 1. The maximum Gasteiger partial charge on any atom is 0.294 e. The van der Waals surface area contributed by atoms with E-state index in [9.17, 15) is 8.42 Å². The molecule has 1 aromatic heterocycles. The highest BCUT2D eigenvalue weighted by Crippen LogP contribution is 2.05. The van der Waals surface area contributed by atoms with Gasteiger partial charge in [0.2, 0.25) is 0 Å². The van der Waals surface area contributed by atoms with Crippen LogP contribution in [0.5, 0.6) is 0 Å². The molecule has 5 heteroatoms. The summed E-state index contributed by atoms with van der Waals surface area (Å²) in [6, 6.07) is 11.7. The second-order valence-corrected chi connectivity index (χ2v) is 6.18. The predicted molar refractivity (Wildman–Crippen MR) is 82.5 cm³/mol. The Hall–Kier alpha value is -1.72. The molecule has 4 nitrogen and oxygen atoms in total. The minimum Gasteiger partial charge on any atom is -0.282 e. The van der Waals surface area contributed by atoms with E-state index in [0.29, 0.717) is 0 Å². The molecule has 0 bridgehead atoms. The molecule has 1 aromatic carbocycles. The van der Waals surface area contributed by atoms with Crippen molar-refractivity contribution in [3.05, 3.63) is 60.4 Å². The molecule has 114 valence electrons. The van der Waals surface area contributed by atoms with Crippen molar-refractivity contribution in [2.75, 3.05) is 0 Å². The van der Waals surface area contributed by atoms with Crippen LogP contribution in [0.2, 0.25) is 0 Å². The lowest BCUT2D eigenvalue weighted by Gasteiger charge is -1.94. The van der Waals surface area contributed by atoms with Crippen molar-refractivity contribution in [2.24, 2.45) is 0 Å². The van der Waals surface area contributed by atoms with E-state index in [4.69, 9.17) is 4.55 Å². The van der Waals surface area contributed by atoms with Gasteiger partial charge in [-0.25, -0.2) is 4.57 Å². The van der Waals surface area contributed by atoms with Crippen LogP contribution in [0, 0.1) is 6.92 Å². The van der Waals surface area contributed by atoms with Gasteiger partial charge >= 0.3 is 0 Å². The zero-order valence-electron chi connectivity index (χ0n) is 12.4. The number of aromatic nitrogens is 1. The van der Waals surface area contributed by atoms with Gasteiger partial charge in [0.05, 0.1) is 4.90 Å². The SMILES string of the molecule is CCCC[n+]1ccc(C)cc1.O=S(=O)(O)c1ccccc1. The van der Waals surface area contributed by atoms with Crippen LogP contribution < -0.4 is 4.57 Å². The van der Waals surface area contributed by atoms with Gasteiger partial charge in [-0.3, -0.25) is 4.55 Å². The summed E-state index contributed by atoms with van der Waals surface area (Å²) in [6.07, 6.45) is 6.82. The summed E-state index contributed by atoms with van der Waals surface area (Å²) in [6.45, 7) is 5.48. The fraction of sp³-hybridized carbons (Fsp3) is 0.312. The number of hydrogen-bond acceptors (Lipinski definition) is 2. The number of pyridine rings is 1. The van der Waals surface area contributed by atoms with Gasteiger partial charge in [0.1, 0.15) is 6.54 Å². The predicted octanol–water partition coefficient (Wildman–Crippen LogP) is 3.02. The molecule has 1 heterocycles. The first kappa shape index (κ1) is 17.3. The van der Waals surface area contributed by atoms with Gasteiger partial charge in [0.25, 0.3) is 10.1 Å². The van der Waals surface area contributed by atoms with E-state index in [0.717, 1.165) is 6.54 Å². The Morgan fingerprint density at radius 3 is 2.05 bits per heavy atom. The largest absolute Gasteiger partial charge is 0.294 e. The quantitative estimate of drug-likeness (QED) is 0.698. The second-order valence-electron chi connectivity index (χ2n) is 4.75. The molecule has 1 N–H and O–H groups in total. The van der Waals surface area contributed by atoms with E-state index in [1.807, 2.05) is 0 Å². The average molecular weight is 308 g/mol. The van der Waals surface area contributed by atoms with E-state index >= 15 is 0 Å². The van der Waals surface area contributed by atoms with Crippen LogP contribution in [0.4, 0.5) is 0 Å². The zero-order valence-corrected chi connectivity index (χ0v) is 13.3. The second kappa shape index (κ2) is 8.54. The highest BCUT2D eigenvalue weighted by Gasteiger charge is 2.05. The van der Waals surface area contributed by atoms with Crippen LogP contribution in [-0.2, 0) is 16.7 Å². The maximum atomic E-state index is 10.4. The number of nitrogens with zero attached hydrogens (tertiary/aromatic N) is 1. The van der Waals surface area contributed by atoms with Crippen molar-refractivity contribution >= 4 is 10.1 Å². The van der Waals surface area contributed by atoms with E-state index in [-0.39, 0.29) is 4.90 Å². The Balaban J connectivity index is 0.000000211. The fourth-order valence-corrected chi connectivity index (χ4v) is 2.12. The third-order valence-electron chi connectivity index (χ3n) is 2.87. The van der Waals surface area contributed by atoms with Gasteiger partial charge in [0.15, 0.2) is 12.4 Å². The van der Waals surface area contributed by atoms with Crippen LogP contribution in [0.1, 0.15) is 25.3 Å². The van der Waals surface area contributed by atoms with Crippen molar-refractivity contribution < 1.29 is 17.5 Å². The van der Waals surface area contributed by atoms with Crippen molar-refractivity contribution in [1.82, 2.24) is 0 Å². The molecule has 0 aliphatic heterocycles. The van der Waals surface area contributed by atoms with Crippen LogP contribution in [0.25, 0.3) is 0 Å². The molecule has 21 heavy (non-hydrogen) atoms. The van der Waals surface area contributed by atoms with E-state index in [1.54, 1.807) is 18.2 Å². The summed E-state index contributed by atoms with van der Waals surface area (Å²) in [5.41, 5.74) is 1.33. The van der Waals surface area contributed by atoms with Crippen LogP contribution >= 0.6 is 0 Å². The third-order valence-corrected chi connectivity index (χ3v) is 3.74. The summed E-state index contributed by atoms with van der Waals surface area (Å²) in [7, 11) is -4.00. The molecule has 0 fully saturated rings. The molecular weight excluding hydrogens is 286 g/mol. The molecule has 0 aliphatic rings. The van der Waals surface area contributed by atoms with Gasteiger partial charge in [0, 0.05) is 18.6 Å². The van der Waals surface area contributed by atoms with Crippen molar-refractivity contribution in [3.8, 4) is 0 Å². The fourth-order valence-electron chi connectivity index (χ4n) is 1.61. The average Bonchev–Trinajstić information content (AvgIpc) is 2.47. The van der Waals surface area contributed by atoms with Gasteiger partial charge in [-0.1, -0.05) is 31.5 Å². The Kier molecular flexibility index (Phi) is 7.05. The Morgan fingerprint density at radius 1 is 1.05 bits per heavy atom. The van der Waals surface area contributed by atoms with Gasteiger partial charge < -0.3 is 0 Å². The summed E-state index contributed by atoms with van der Waals surface area (Å²) in [5, 5.41) is 0. The van der Waals surface area contributed by atoms with E-state index in [2.05, 4.69) is 42.9 Å². The summed E-state index contributed by atoms with van der Waals surface area (Å²) < 4.78 is 31.5. The summed E-state index contributed by atoms with van der Waals surface area (Å²) >= 11 is 0. The highest BCUT2D eigenvalue weighted by atomic mass is 32.2. The Labute approximate surface area is 126 Å². The number of unbranched alkanes of at least 4 members (excludes halogenated alkanes) is 1. The Bertz CT molecular complexity index is 622. The third kappa shape index (κ3) is 7.02. The molecular formula is C16H22NO3S+. The zero-order chi connectivity index (χ0) is 15.7. The molecule has 0 amide bonds. The van der Waals surface area contributed by atoms with Crippen molar-refractivity contribution in [1.29, 1.82) is 0 Å². The molecule has 0 aliphatic carbocycles. The first-order chi connectivity index (χ1) is 9.93. The monoisotopic (exact) mass is 308 g/mol. The molecule has 0 unspecified atom stereocenters. The van der Waals surface area contributed by atoms with Crippen LogP contribution in [-0.4, -0.2) is 13.0 Å². The van der Waals surface area contributed by atoms with Gasteiger partial charge in [-0.2, -0.15) is 8.42 Å².